The van der Waals surface area contributed by atoms with Crippen molar-refractivity contribution in [3.63, 3.8) is 0 Å². The summed E-state index contributed by atoms with van der Waals surface area (Å²) in [5.74, 6) is 0.437. The summed E-state index contributed by atoms with van der Waals surface area (Å²) in [7, 11) is 0. The molecule has 1 aromatic heterocycles. The second-order valence-corrected chi connectivity index (χ2v) is 3.76. The smallest absolute Gasteiger partial charge is 0.272 e. The van der Waals surface area contributed by atoms with Gasteiger partial charge in [0, 0.05) is 12.6 Å². The van der Waals surface area contributed by atoms with Crippen molar-refractivity contribution in [1.29, 1.82) is 0 Å². The molecule has 0 aromatic carbocycles. The Morgan fingerprint density at radius 3 is 2.82 bits per heavy atom. The molecule has 1 heterocycles. The predicted octanol–water partition coefficient (Wildman–Crippen LogP) is 1.60. The highest BCUT2D eigenvalue weighted by atomic mass is 16.2. The van der Waals surface area contributed by atoms with E-state index < -0.39 is 0 Å². The van der Waals surface area contributed by atoms with Crippen LogP contribution < -0.4 is 10.6 Å². The van der Waals surface area contributed by atoms with Gasteiger partial charge in [-0.25, -0.2) is 0 Å². The van der Waals surface area contributed by atoms with Crippen LogP contribution in [0.1, 0.15) is 30.8 Å². The monoisotopic (exact) mass is 234 g/mol. The number of rotatable bonds is 6. The maximum atomic E-state index is 11.7. The van der Waals surface area contributed by atoms with Crippen LogP contribution in [0, 0.1) is 0 Å². The summed E-state index contributed by atoms with van der Waals surface area (Å²) < 4.78 is 0. The molecule has 5 heteroatoms. The van der Waals surface area contributed by atoms with Gasteiger partial charge in [-0.05, 0) is 25.5 Å². The molecule has 0 bridgehead atoms. The number of hydrogen-bond acceptors (Lipinski definition) is 4. The zero-order chi connectivity index (χ0) is 12.7. The van der Waals surface area contributed by atoms with Gasteiger partial charge in [0.15, 0.2) is 5.69 Å². The molecular weight excluding hydrogens is 216 g/mol. The Morgan fingerprint density at radius 2 is 2.29 bits per heavy atom. The number of aromatic nitrogens is 2. The largest absolute Gasteiger partial charge is 0.365 e. The summed E-state index contributed by atoms with van der Waals surface area (Å²) >= 11 is 0. The van der Waals surface area contributed by atoms with E-state index in [-0.39, 0.29) is 11.9 Å². The van der Waals surface area contributed by atoms with Gasteiger partial charge in [0.05, 0.1) is 0 Å². The van der Waals surface area contributed by atoms with Crippen molar-refractivity contribution >= 4 is 11.7 Å². The third-order valence-corrected chi connectivity index (χ3v) is 2.31. The average molecular weight is 234 g/mol. The van der Waals surface area contributed by atoms with Crippen LogP contribution in [-0.4, -0.2) is 28.7 Å². The summed E-state index contributed by atoms with van der Waals surface area (Å²) in [6, 6.07) is 3.51. The van der Waals surface area contributed by atoms with Crippen LogP contribution in [0.2, 0.25) is 0 Å². The van der Waals surface area contributed by atoms with E-state index in [0.29, 0.717) is 18.1 Å². The van der Waals surface area contributed by atoms with Gasteiger partial charge in [0.25, 0.3) is 5.91 Å². The van der Waals surface area contributed by atoms with Crippen molar-refractivity contribution in [1.82, 2.24) is 15.5 Å². The second-order valence-electron chi connectivity index (χ2n) is 3.76. The lowest BCUT2D eigenvalue weighted by molar-refractivity contribution is 0.0933. The van der Waals surface area contributed by atoms with E-state index in [1.807, 2.05) is 13.8 Å². The minimum atomic E-state index is -0.192. The van der Waals surface area contributed by atoms with Crippen LogP contribution in [0.3, 0.4) is 0 Å². The molecule has 92 valence electrons. The Kier molecular flexibility index (Phi) is 5.13. The molecule has 17 heavy (non-hydrogen) atoms. The first-order chi connectivity index (χ1) is 8.17. The molecule has 0 aliphatic rings. The average Bonchev–Trinajstić information content (AvgIpc) is 2.36. The van der Waals surface area contributed by atoms with Gasteiger partial charge in [-0.15, -0.1) is 16.8 Å². The molecule has 1 aromatic rings. The minimum absolute atomic E-state index is 0.142. The molecule has 0 spiro atoms. The van der Waals surface area contributed by atoms with Gasteiger partial charge in [0.1, 0.15) is 5.82 Å². The highest BCUT2D eigenvalue weighted by Gasteiger charge is 2.10. The van der Waals surface area contributed by atoms with Gasteiger partial charge in [-0.1, -0.05) is 13.0 Å². The van der Waals surface area contributed by atoms with Crippen molar-refractivity contribution in [2.75, 3.05) is 11.9 Å². The Morgan fingerprint density at radius 1 is 1.53 bits per heavy atom. The zero-order valence-corrected chi connectivity index (χ0v) is 10.2. The van der Waals surface area contributed by atoms with Crippen molar-refractivity contribution in [3.05, 3.63) is 30.5 Å². The van der Waals surface area contributed by atoms with Crippen LogP contribution in [0.5, 0.6) is 0 Å². The number of nitrogens with zero attached hydrogens (tertiary/aromatic N) is 2. The van der Waals surface area contributed by atoms with Gasteiger partial charge >= 0.3 is 0 Å². The molecule has 0 fully saturated rings. The number of amides is 1. The normalized spacial score (nSPS) is 11.6. The maximum absolute atomic E-state index is 11.7. The lowest BCUT2D eigenvalue weighted by Gasteiger charge is -2.10. The number of hydrogen-bond donors (Lipinski definition) is 2. The summed E-state index contributed by atoms with van der Waals surface area (Å²) in [5.41, 5.74) is 0.328. The van der Waals surface area contributed by atoms with E-state index in [0.717, 1.165) is 6.42 Å². The lowest BCUT2D eigenvalue weighted by Crippen LogP contribution is -2.32. The van der Waals surface area contributed by atoms with E-state index >= 15 is 0 Å². The lowest BCUT2D eigenvalue weighted by atomic mass is 10.2. The van der Waals surface area contributed by atoms with E-state index in [4.69, 9.17) is 0 Å². The van der Waals surface area contributed by atoms with Gasteiger partial charge in [-0.2, -0.15) is 0 Å². The molecule has 1 atom stereocenters. The first kappa shape index (κ1) is 13.2. The molecule has 0 aliphatic heterocycles. The van der Waals surface area contributed by atoms with Gasteiger partial charge in [0.2, 0.25) is 0 Å². The number of carbonyl (C=O) groups is 1. The number of nitrogens with one attached hydrogen (secondary N) is 2. The van der Waals surface area contributed by atoms with Crippen LogP contribution >= 0.6 is 0 Å². The SMILES string of the molecule is C=CCNc1ccc(C(=O)NC(C)CC)nn1. The Hall–Kier alpha value is -1.91. The number of carbonyl (C=O) groups excluding carboxylic acids is 1. The molecular formula is C12H18N4O. The summed E-state index contributed by atoms with van der Waals surface area (Å²) in [6.07, 6.45) is 2.61. The van der Waals surface area contributed by atoms with Crippen LogP contribution in [0.4, 0.5) is 5.82 Å². The topological polar surface area (TPSA) is 66.9 Å². The Balaban J connectivity index is 2.60. The summed E-state index contributed by atoms with van der Waals surface area (Å²) in [4.78, 5) is 11.7. The minimum Gasteiger partial charge on any atom is -0.365 e. The van der Waals surface area contributed by atoms with Crippen molar-refractivity contribution in [2.45, 2.75) is 26.3 Å². The van der Waals surface area contributed by atoms with Crippen LogP contribution in [-0.2, 0) is 0 Å². The quantitative estimate of drug-likeness (QED) is 0.734. The zero-order valence-electron chi connectivity index (χ0n) is 10.2. The predicted molar refractivity (Wildman–Crippen MR) is 67.9 cm³/mol. The fourth-order valence-electron chi connectivity index (χ4n) is 1.12. The highest BCUT2D eigenvalue weighted by Crippen LogP contribution is 2.02. The molecule has 0 saturated carbocycles. The Labute approximate surface area is 101 Å². The second kappa shape index (κ2) is 6.62. The van der Waals surface area contributed by atoms with E-state index in [9.17, 15) is 4.79 Å². The van der Waals surface area contributed by atoms with Crippen LogP contribution in [0.25, 0.3) is 0 Å². The molecule has 1 amide bonds. The van der Waals surface area contributed by atoms with Crippen molar-refractivity contribution in [2.24, 2.45) is 0 Å². The molecule has 2 N–H and O–H groups in total. The fourth-order valence-corrected chi connectivity index (χ4v) is 1.12. The standard InChI is InChI=1S/C12H18N4O/c1-4-8-13-11-7-6-10(15-16-11)12(17)14-9(3)5-2/h4,6-7,9H,1,5,8H2,2-3H3,(H,13,16)(H,14,17). The van der Waals surface area contributed by atoms with E-state index in [1.54, 1.807) is 18.2 Å². The fraction of sp³-hybridized carbons (Fsp3) is 0.417. The van der Waals surface area contributed by atoms with Gasteiger partial charge in [-0.3, -0.25) is 4.79 Å². The summed E-state index contributed by atoms with van der Waals surface area (Å²) in [6.45, 7) is 8.17. The number of anilines is 1. The Bertz CT molecular complexity index is 375. The van der Waals surface area contributed by atoms with Gasteiger partial charge < -0.3 is 10.6 Å². The van der Waals surface area contributed by atoms with Crippen molar-refractivity contribution < 1.29 is 4.79 Å². The molecule has 0 radical (unpaired) electrons. The first-order valence-corrected chi connectivity index (χ1v) is 5.66. The highest BCUT2D eigenvalue weighted by molar-refractivity contribution is 5.92. The summed E-state index contributed by atoms with van der Waals surface area (Å²) in [5, 5.41) is 13.6. The molecule has 1 unspecified atom stereocenters. The molecule has 5 nitrogen and oxygen atoms in total. The molecule has 1 rings (SSSR count). The van der Waals surface area contributed by atoms with Crippen molar-refractivity contribution in [3.8, 4) is 0 Å². The van der Waals surface area contributed by atoms with E-state index in [2.05, 4.69) is 27.4 Å². The maximum Gasteiger partial charge on any atom is 0.272 e. The first-order valence-electron chi connectivity index (χ1n) is 5.66. The third-order valence-electron chi connectivity index (χ3n) is 2.31. The molecule has 0 aliphatic carbocycles. The van der Waals surface area contributed by atoms with Crippen LogP contribution in [0.15, 0.2) is 24.8 Å². The molecule has 0 saturated heterocycles. The third kappa shape index (κ3) is 4.22. The van der Waals surface area contributed by atoms with E-state index in [1.165, 1.54) is 0 Å².